The van der Waals surface area contributed by atoms with Crippen LogP contribution in [0, 0.1) is 0 Å². The molecule has 0 bridgehead atoms. The third kappa shape index (κ3) is 3.16. The molecule has 2 atom stereocenters. The highest BCUT2D eigenvalue weighted by Gasteiger charge is 2.15. The van der Waals surface area contributed by atoms with E-state index in [2.05, 4.69) is 4.98 Å². The summed E-state index contributed by atoms with van der Waals surface area (Å²) in [4.78, 5) is 14.2. The second-order valence-corrected chi connectivity index (χ2v) is 3.51. The number of aromatic hydroxyl groups is 1. The Morgan fingerprint density at radius 2 is 2.25 bits per heavy atom. The van der Waals surface area contributed by atoms with Crippen molar-refractivity contribution in [2.24, 2.45) is 5.73 Å². The van der Waals surface area contributed by atoms with E-state index < -0.39 is 18.2 Å². The van der Waals surface area contributed by atoms with Gasteiger partial charge in [-0.3, -0.25) is 4.79 Å². The molecule has 88 valence electrons. The van der Waals surface area contributed by atoms with Crippen LogP contribution < -0.4 is 5.73 Å². The van der Waals surface area contributed by atoms with Crippen molar-refractivity contribution >= 4 is 5.97 Å². The van der Waals surface area contributed by atoms with E-state index >= 15 is 0 Å². The molecular formula is C10H13FN2O3. The van der Waals surface area contributed by atoms with Crippen molar-refractivity contribution in [2.75, 3.05) is 0 Å². The molecule has 0 aliphatic rings. The number of halogens is 1. The lowest BCUT2D eigenvalue weighted by Crippen LogP contribution is -2.32. The van der Waals surface area contributed by atoms with Gasteiger partial charge in [-0.1, -0.05) is 0 Å². The van der Waals surface area contributed by atoms with E-state index in [4.69, 9.17) is 10.8 Å². The first-order valence-electron chi connectivity index (χ1n) is 4.72. The van der Waals surface area contributed by atoms with Crippen LogP contribution in [0.25, 0.3) is 0 Å². The minimum atomic E-state index is -1.26. The van der Waals surface area contributed by atoms with Crippen molar-refractivity contribution in [1.82, 2.24) is 4.98 Å². The van der Waals surface area contributed by atoms with Gasteiger partial charge in [0.05, 0.1) is 0 Å². The van der Waals surface area contributed by atoms with Gasteiger partial charge in [0.25, 0.3) is 0 Å². The van der Waals surface area contributed by atoms with Gasteiger partial charge in [-0.15, -0.1) is 0 Å². The zero-order valence-electron chi connectivity index (χ0n) is 8.72. The predicted molar refractivity (Wildman–Crippen MR) is 54.7 cm³/mol. The topological polar surface area (TPSA) is 96.4 Å². The average molecular weight is 228 g/mol. The van der Waals surface area contributed by atoms with Gasteiger partial charge >= 0.3 is 5.97 Å². The number of rotatable bonds is 4. The molecule has 0 amide bonds. The van der Waals surface area contributed by atoms with Crippen molar-refractivity contribution in [3.8, 4) is 5.88 Å². The molecule has 0 aliphatic carbocycles. The quantitative estimate of drug-likeness (QED) is 0.707. The van der Waals surface area contributed by atoms with Crippen LogP contribution in [0.4, 0.5) is 4.39 Å². The van der Waals surface area contributed by atoms with Crippen LogP contribution in [0.5, 0.6) is 5.88 Å². The molecule has 0 radical (unpaired) electrons. The smallest absolute Gasteiger partial charge is 0.320 e. The summed E-state index contributed by atoms with van der Waals surface area (Å²) in [6.07, 6.45) is -1.31. The number of nitrogens with two attached hydrogens (primary N) is 1. The Morgan fingerprint density at radius 1 is 1.62 bits per heavy atom. The van der Waals surface area contributed by atoms with Gasteiger partial charge in [-0.05, 0) is 18.6 Å². The Kier molecular flexibility index (Phi) is 3.78. The molecule has 0 fully saturated rings. The Labute approximate surface area is 91.7 Å². The van der Waals surface area contributed by atoms with Gasteiger partial charge in [0.2, 0.25) is 5.88 Å². The summed E-state index contributed by atoms with van der Waals surface area (Å²) in [5.41, 5.74) is 5.82. The van der Waals surface area contributed by atoms with Crippen LogP contribution in [-0.4, -0.2) is 27.2 Å². The minimum Gasteiger partial charge on any atom is -0.493 e. The summed E-state index contributed by atoms with van der Waals surface area (Å²) in [5, 5.41) is 17.8. The lowest BCUT2D eigenvalue weighted by Gasteiger charge is -2.09. The Balaban J connectivity index is 2.92. The standard InChI is InChI=1S/C10H13FN2O3/c1-5(11)6-2-7(13-9(14)3-6)4-8(12)10(15)16/h2-3,5,8H,4,12H2,1H3,(H,13,14)(H,15,16). The predicted octanol–water partition coefficient (Wildman–Crippen LogP) is 0.772. The number of pyridine rings is 1. The summed E-state index contributed by atoms with van der Waals surface area (Å²) in [7, 11) is 0. The SMILES string of the molecule is CC(F)c1cc(O)nc(CC(N)C(=O)O)c1. The number of hydrogen-bond acceptors (Lipinski definition) is 4. The van der Waals surface area contributed by atoms with Gasteiger partial charge in [-0.2, -0.15) is 0 Å². The van der Waals surface area contributed by atoms with Crippen LogP contribution in [0.2, 0.25) is 0 Å². The molecule has 2 unspecified atom stereocenters. The second kappa shape index (κ2) is 4.89. The first-order chi connectivity index (χ1) is 7.40. The van der Waals surface area contributed by atoms with E-state index in [-0.39, 0.29) is 23.6 Å². The van der Waals surface area contributed by atoms with Gasteiger partial charge in [0, 0.05) is 18.2 Å². The van der Waals surface area contributed by atoms with Gasteiger partial charge < -0.3 is 15.9 Å². The first kappa shape index (κ1) is 12.4. The van der Waals surface area contributed by atoms with Gasteiger partial charge in [-0.25, -0.2) is 9.37 Å². The maximum atomic E-state index is 13.0. The van der Waals surface area contributed by atoms with Gasteiger partial charge in [0.1, 0.15) is 12.2 Å². The summed E-state index contributed by atoms with van der Waals surface area (Å²) < 4.78 is 13.0. The van der Waals surface area contributed by atoms with Crippen LogP contribution in [0.1, 0.15) is 24.4 Å². The van der Waals surface area contributed by atoms with Crippen molar-refractivity contribution in [3.05, 3.63) is 23.4 Å². The number of aromatic nitrogens is 1. The Morgan fingerprint density at radius 3 is 2.75 bits per heavy atom. The maximum Gasteiger partial charge on any atom is 0.320 e. The molecule has 0 aromatic carbocycles. The van der Waals surface area contributed by atoms with Crippen molar-refractivity contribution in [1.29, 1.82) is 0 Å². The molecule has 16 heavy (non-hydrogen) atoms. The van der Waals surface area contributed by atoms with Crippen molar-refractivity contribution in [3.63, 3.8) is 0 Å². The third-order valence-corrected chi connectivity index (χ3v) is 2.09. The molecule has 1 aromatic heterocycles. The Bertz CT molecular complexity index is 396. The van der Waals surface area contributed by atoms with E-state index in [1.165, 1.54) is 19.1 Å². The fourth-order valence-corrected chi connectivity index (χ4v) is 1.24. The summed E-state index contributed by atoms with van der Waals surface area (Å²) >= 11 is 0. The highest BCUT2D eigenvalue weighted by atomic mass is 19.1. The lowest BCUT2D eigenvalue weighted by atomic mass is 10.1. The van der Waals surface area contributed by atoms with E-state index in [9.17, 15) is 14.3 Å². The van der Waals surface area contributed by atoms with Crippen LogP contribution in [-0.2, 0) is 11.2 Å². The molecule has 0 saturated carbocycles. The first-order valence-corrected chi connectivity index (χ1v) is 4.72. The molecule has 0 saturated heterocycles. The number of carbonyl (C=O) groups is 1. The zero-order valence-corrected chi connectivity index (χ0v) is 8.72. The van der Waals surface area contributed by atoms with E-state index in [1.54, 1.807) is 0 Å². The summed E-state index contributed by atoms with van der Waals surface area (Å²) in [5.74, 6) is -1.51. The molecular weight excluding hydrogens is 215 g/mol. The van der Waals surface area contributed by atoms with Crippen LogP contribution in [0.3, 0.4) is 0 Å². The number of aliphatic carboxylic acids is 1. The Hall–Kier alpha value is -1.69. The lowest BCUT2D eigenvalue weighted by molar-refractivity contribution is -0.138. The molecule has 1 aromatic rings. The highest BCUT2D eigenvalue weighted by Crippen LogP contribution is 2.21. The number of hydrogen-bond donors (Lipinski definition) is 3. The molecule has 4 N–H and O–H groups in total. The van der Waals surface area contributed by atoms with Gasteiger partial charge in [0.15, 0.2) is 0 Å². The number of carboxylic acids is 1. The second-order valence-electron chi connectivity index (χ2n) is 3.51. The van der Waals surface area contributed by atoms with E-state index in [0.717, 1.165) is 0 Å². The van der Waals surface area contributed by atoms with E-state index in [0.29, 0.717) is 0 Å². The normalized spacial score (nSPS) is 14.4. The van der Waals surface area contributed by atoms with E-state index in [1.807, 2.05) is 0 Å². The van der Waals surface area contributed by atoms with Crippen molar-refractivity contribution in [2.45, 2.75) is 25.6 Å². The fourth-order valence-electron chi connectivity index (χ4n) is 1.24. The molecule has 0 aliphatic heterocycles. The van der Waals surface area contributed by atoms with Crippen molar-refractivity contribution < 1.29 is 19.4 Å². The monoisotopic (exact) mass is 228 g/mol. The highest BCUT2D eigenvalue weighted by molar-refractivity contribution is 5.73. The minimum absolute atomic E-state index is 0.0521. The third-order valence-electron chi connectivity index (χ3n) is 2.09. The van der Waals surface area contributed by atoms with Crippen LogP contribution in [0.15, 0.2) is 12.1 Å². The number of carboxylic acid groups (broad SMARTS) is 1. The molecule has 6 heteroatoms. The van der Waals surface area contributed by atoms with Crippen LogP contribution >= 0.6 is 0 Å². The molecule has 5 nitrogen and oxygen atoms in total. The average Bonchev–Trinajstić information content (AvgIpc) is 2.16. The largest absolute Gasteiger partial charge is 0.493 e. The molecule has 0 spiro atoms. The summed E-state index contributed by atoms with van der Waals surface area (Å²) in [6, 6.07) is 1.48. The molecule has 1 rings (SSSR count). The summed E-state index contributed by atoms with van der Waals surface area (Å²) in [6.45, 7) is 1.32. The number of alkyl halides is 1. The molecule has 1 heterocycles. The maximum absolute atomic E-state index is 13.0. The fraction of sp³-hybridized carbons (Fsp3) is 0.400. The number of nitrogens with zero attached hydrogens (tertiary/aromatic N) is 1. The zero-order chi connectivity index (χ0) is 12.3.